The van der Waals surface area contributed by atoms with Crippen molar-refractivity contribution in [2.45, 2.75) is 32.7 Å². The molecule has 4 rings (SSSR count). The SMILES string of the molecule is Cc1cc(C)n([C@@H](c2ccccc2Cl)[C@@H](C)c2nc(C(=O)Nc3cnoc3)c(O)c(=O)n2C)n1. The van der Waals surface area contributed by atoms with Gasteiger partial charge < -0.3 is 14.9 Å². The van der Waals surface area contributed by atoms with Crippen molar-refractivity contribution in [2.24, 2.45) is 7.05 Å². The number of aromatic nitrogens is 5. The monoisotopic (exact) mass is 482 g/mol. The molecule has 0 saturated carbocycles. The minimum absolute atomic E-state index is 0.262. The Bertz CT molecular complexity index is 1410. The van der Waals surface area contributed by atoms with E-state index in [4.69, 9.17) is 16.1 Å². The molecule has 1 aromatic carbocycles. The Morgan fingerprint density at radius 1 is 1.26 bits per heavy atom. The summed E-state index contributed by atoms with van der Waals surface area (Å²) in [6.07, 6.45) is 2.51. The number of benzene rings is 1. The van der Waals surface area contributed by atoms with Gasteiger partial charge in [-0.2, -0.15) is 5.10 Å². The van der Waals surface area contributed by atoms with Crippen molar-refractivity contribution in [3.8, 4) is 5.75 Å². The molecule has 0 fully saturated rings. The first-order valence-electron chi connectivity index (χ1n) is 10.5. The number of nitrogens with zero attached hydrogens (tertiary/aromatic N) is 5. The van der Waals surface area contributed by atoms with Gasteiger partial charge in [-0.25, -0.2) is 4.98 Å². The van der Waals surface area contributed by atoms with Crippen LogP contribution >= 0.6 is 11.6 Å². The molecule has 11 heteroatoms. The van der Waals surface area contributed by atoms with E-state index in [1.54, 1.807) is 6.07 Å². The molecule has 0 unspecified atom stereocenters. The Hall–Kier alpha value is -3.92. The summed E-state index contributed by atoms with van der Waals surface area (Å²) >= 11 is 6.57. The number of nitrogens with one attached hydrogen (secondary N) is 1. The molecule has 0 bridgehead atoms. The molecule has 2 atom stereocenters. The molecule has 0 saturated heterocycles. The molecule has 0 radical (unpaired) electrons. The largest absolute Gasteiger partial charge is 0.501 e. The van der Waals surface area contributed by atoms with Gasteiger partial charge in [-0.1, -0.05) is 41.9 Å². The number of aryl methyl sites for hydroxylation is 2. The number of amides is 1. The maximum absolute atomic E-state index is 12.9. The Balaban J connectivity index is 1.86. The first kappa shape index (κ1) is 23.2. The minimum Gasteiger partial charge on any atom is -0.501 e. The third kappa shape index (κ3) is 4.19. The number of carbonyl (C=O) groups is 1. The van der Waals surface area contributed by atoms with E-state index in [0.29, 0.717) is 5.02 Å². The van der Waals surface area contributed by atoms with Gasteiger partial charge in [0.05, 0.1) is 17.9 Å². The molecule has 0 aliphatic rings. The predicted octanol–water partition coefficient (Wildman–Crippen LogP) is 3.59. The quantitative estimate of drug-likeness (QED) is 0.429. The first-order valence-corrected chi connectivity index (χ1v) is 10.8. The van der Waals surface area contributed by atoms with Gasteiger partial charge in [0.1, 0.15) is 17.8 Å². The summed E-state index contributed by atoms with van der Waals surface area (Å²) in [6, 6.07) is 8.86. The molecule has 2 N–H and O–H groups in total. The molecule has 3 aromatic heterocycles. The second-order valence-corrected chi connectivity index (χ2v) is 8.43. The lowest BCUT2D eigenvalue weighted by atomic mass is 9.93. The van der Waals surface area contributed by atoms with E-state index >= 15 is 0 Å². The number of halogens is 1. The lowest BCUT2D eigenvalue weighted by Gasteiger charge is -2.28. The zero-order chi connectivity index (χ0) is 24.6. The van der Waals surface area contributed by atoms with Crippen molar-refractivity contribution < 1.29 is 14.4 Å². The van der Waals surface area contributed by atoms with Gasteiger partial charge >= 0.3 is 0 Å². The number of hydrogen-bond donors (Lipinski definition) is 2. The van der Waals surface area contributed by atoms with Crippen LogP contribution in [0.25, 0.3) is 0 Å². The van der Waals surface area contributed by atoms with E-state index in [2.05, 4.69) is 20.6 Å². The van der Waals surface area contributed by atoms with Gasteiger partial charge in [-0.15, -0.1) is 0 Å². The summed E-state index contributed by atoms with van der Waals surface area (Å²) in [5.41, 5.74) is 1.60. The standard InChI is InChI=1S/C23H23ClN6O4/c1-12-9-13(2)30(28-12)19(16-7-5-6-8-17(16)24)14(3)21-27-18(20(31)23(33)29(21)4)22(32)26-15-10-25-34-11-15/h5-11,14,19,31H,1-4H3,(H,26,32)/t14-,19-/m1/s1. The highest BCUT2D eigenvalue weighted by Gasteiger charge is 2.31. The highest BCUT2D eigenvalue weighted by atomic mass is 35.5. The van der Waals surface area contributed by atoms with Crippen LogP contribution in [0, 0.1) is 13.8 Å². The number of rotatable bonds is 6. The summed E-state index contributed by atoms with van der Waals surface area (Å²) in [7, 11) is 1.49. The molecule has 1 amide bonds. The van der Waals surface area contributed by atoms with Gasteiger partial charge in [-0.05, 0) is 31.5 Å². The second kappa shape index (κ2) is 9.14. The predicted molar refractivity (Wildman–Crippen MR) is 125 cm³/mol. The molecule has 0 aliphatic heterocycles. The summed E-state index contributed by atoms with van der Waals surface area (Å²) in [4.78, 5) is 30.1. The van der Waals surface area contributed by atoms with Crippen LogP contribution in [0.15, 0.2) is 52.1 Å². The van der Waals surface area contributed by atoms with Crippen LogP contribution in [-0.2, 0) is 7.05 Å². The van der Waals surface area contributed by atoms with E-state index in [0.717, 1.165) is 17.0 Å². The van der Waals surface area contributed by atoms with Gasteiger partial charge in [0.15, 0.2) is 5.69 Å². The normalized spacial score (nSPS) is 13.0. The number of aromatic hydroxyl groups is 1. The van der Waals surface area contributed by atoms with E-state index in [1.165, 1.54) is 24.1 Å². The zero-order valence-corrected chi connectivity index (χ0v) is 19.7. The molecule has 0 spiro atoms. The Kier molecular flexibility index (Phi) is 6.25. The molecular formula is C23H23ClN6O4. The molecule has 34 heavy (non-hydrogen) atoms. The molecule has 10 nitrogen and oxygen atoms in total. The molecular weight excluding hydrogens is 460 g/mol. The van der Waals surface area contributed by atoms with Crippen molar-refractivity contribution in [2.75, 3.05) is 5.32 Å². The van der Waals surface area contributed by atoms with Crippen LogP contribution in [0.1, 0.15) is 52.1 Å². The highest BCUT2D eigenvalue weighted by molar-refractivity contribution is 6.31. The van der Waals surface area contributed by atoms with E-state index in [1.807, 2.05) is 49.7 Å². The van der Waals surface area contributed by atoms with Crippen LogP contribution in [0.3, 0.4) is 0 Å². The Morgan fingerprint density at radius 3 is 2.62 bits per heavy atom. The molecule has 0 aliphatic carbocycles. The Labute approximate surface area is 199 Å². The first-order chi connectivity index (χ1) is 16.2. The third-order valence-electron chi connectivity index (χ3n) is 5.62. The fourth-order valence-electron chi connectivity index (χ4n) is 4.03. The van der Waals surface area contributed by atoms with Crippen LogP contribution in [0.4, 0.5) is 5.69 Å². The van der Waals surface area contributed by atoms with Crippen LogP contribution in [-0.4, -0.2) is 35.5 Å². The number of hydrogen-bond acceptors (Lipinski definition) is 7. The highest BCUT2D eigenvalue weighted by Crippen LogP contribution is 2.37. The van der Waals surface area contributed by atoms with Gasteiger partial charge in [0, 0.05) is 23.7 Å². The van der Waals surface area contributed by atoms with Crippen molar-refractivity contribution in [3.05, 3.63) is 86.6 Å². The van der Waals surface area contributed by atoms with Crippen LogP contribution in [0.2, 0.25) is 5.02 Å². The maximum Gasteiger partial charge on any atom is 0.296 e. The maximum atomic E-state index is 12.9. The van der Waals surface area contributed by atoms with Crippen LogP contribution in [0.5, 0.6) is 5.75 Å². The summed E-state index contributed by atoms with van der Waals surface area (Å²) in [5, 5.41) is 21.6. The second-order valence-electron chi connectivity index (χ2n) is 8.03. The molecule has 3 heterocycles. The van der Waals surface area contributed by atoms with Gasteiger partial charge in [0.25, 0.3) is 11.5 Å². The van der Waals surface area contributed by atoms with E-state index < -0.39 is 34.9 Å². The van der Waals surface area contributed by atoms with Crippen molar-refractivity contribution >= 4 is 23.2 Å². The summed E-state index contributed by atoms with van der Waals surface area (Å²) in [6.45, 7) is 5.68. The van der Waals surface area contributed by atoms with Crippen molar-refractivity contribution in [1.29, 1.82) is 0 Å². The molecule has 4 aromatic rings. The lowest BCUT2D eigenvalue weighted by Crippen LogP contribution is -2.31. The summed E-state index contributed by atoms with van der Waals surface area (Å²) in [5.74, 6) is -1.73. The minimum atomic E-state index is -0.771. The number of carbonyl (C=O) groups excluding carboxylic acids is 1. The fourth-order valence-corrected chi connectivity index (χ4v) is 4.27. The third-order valence-corrected chi connectivity index (χ3v) is 5.96. The lowest BCUT2D eigenvalue weighted by molar-refractivity contribution is 0.101. The Morgan fingerprint density at radius 2 is 2.00 bits per heavy atom. The van der Waals surface area contributed by atoms with E-state index in [9.17, 15) is 14.7 Å². The zero-order valence-electron chi connectivity index (χ0n) is 19.0. The van der Waals surface area contributed by atoms with E-state index in [-0.39, 0.29) is 11.5 Å². The van der Waals surface area contributed by atoms with Gasteiger partial charge in [-0.3, -0.25) is 18.8 Å². The van der Waals surface area contributed by atoms with Crippen LogP contribution < -0.4 is 10.9 Å². The summed E-state index contributed by atoms with van der Waals surface area (Å²) < 4.78 is 7.76. The number of anilines is 1. The average Bonchev–Trinajstić information content (AvgIpc) is 3.42. The van der Waals surface area contributed by atoms with Gasteiger partial charge in [0.2, 0.25) is 5.75 Å². The van der Waals surface area contributed by atoms with Crippen molar-refractivity contribution in [1.82, 2.24) is 24.5 Å². The fraction of sp³-hybridized carbons (Fsp3) is 0.261. The molecule has 176 valence electrons. The topological polar surface area (TPSA) is 128 Å². The average molecular weight is 483 g/mol. The van der Waals surface area contributed by atoms with Crippen molar-refractivity contribution in [3.63, 3.8) is 0 Å². The smallest absolute Gasteiger partial charge is 0.296 e.